The quantitative estimate of drug-likeness (QED) is 0.180. The highest BCUT2D eigenvalue weighted by atomic mass is 16.8. The van der Waals surface area contributed by atoms with Crippen LogP contribution in [0, 0.1) is 0 Å². The summed E-state index contributed by atoms with van der Waals surface area (Å²) in [6.07, 6.45) is -10.6. The second kappa shape index (κ2) is 11.9. The number of ether oxygens (including phenoxy) is 5. The average molecular weight is 539 g/mol. The Morgan fingerprint density at radius 1 is 0.974 bits per heavy atom. The molecular weight excluding hydrogens is 508 g/mol. The molecule has 4 rings (SSSR count). The van der Waals surface area contributed by atoms with E-state index in [-0.39, 0.29) is 23.7 Å². The number of phenols is 1. The zero-order valence-electron chi connectivity index (χ0n) is 20.1. The number of hydrogen-bond donors (Lipinski definition) is 7. The van der Waals surface area contributed by atoms with Gasteiger partial charge in [0.1, 0.15) is 42.5 Å². The maximum Gasteiger partial charge on any atom is 0.338 e. The van der Waals surface area contributed by atoms with Crippen LogP contribution in [0.5, 0.6) is 11.5 Å². The van der Waals surface area contributed by atoms with Gasteiger partial charge in [-0.15, -0.1) is 0 Å². The van der Waals surface area contributed by atoms with Gasteiger partial charge in [0.15, 0.2) is 18.0 Å². The minimum absolute atomic E-state index is 0.0476. The minimum atomic E-state index is -2.07. The van der Waals surface area contributed by atoms with Gasteiger partial charge in [0.2, 0.25) is 6.29 Å². The monoisotopic (exact) mass is 538 g/mol. The van der Waals surface area contributed by atoms with Gasteiger partial charge in [-0.2, -0.15) is 0 Å². The van der Waals surface area contributed by atoms with Crippen molar-refractivity contribution in [1.29, 1.82) is 0 Å². The SMILES string of the molecule is O=C(OC[C@@]1(O)CO[C@@H](O[C@H]2[C@H](Oc3ccc(CO)cc3)O[C@H](CO)[C@H](O)[C@@H]2O)[C@@H]1O)c1ccc(O)cc1. The summed E-state index contributed by atoms with van der Waals surface area (Å²) < 4.78 is 27.5. The third-order valence-corrected chi connectivity index (χ3v) is 6.34. The normalized spacial score (nSPS) is 33.2. The Morgan fingerprint density at radius 2 is 1.66 bits per heavy atom. The van der Waals surface area contributed by atoms with Crippen molar-refractivity contribution >= 4 is 5.97 Å². The van der Waals surface area contributed by atoms with E-state index in [1.165, 1.54) is 36.4 Å². The van der Waals surface area contributed by atoms with Gasteiger partial charge in [0.05, 0.1) is 25.4 Å². The first-order valence-corrected chi connectivity index (χ1v) is 11.8. The number of phenolic OH excluding ortho intramolecular Hbond substituents is 1. The van der Waals surface area contributed by atoms with E-state index in [4.69, 9.17) is 23.7 Å². The molecule has 2 saturated heterocycles. The Balaban J connectivity index is 1.43. The first-order chi connectivity index (χ1) is 18.1. The maximum atomic E-state index is 12.3. The summed E-state index contributed by atoms with van der Waals surface area (Å²) >= 11 is 0. The lowest BCUT2D eigenvalue weighted by Gasteiger charge is -2.42. The van der Waals surface area contributed by atoms with Crippen LogP contribution in [0.15, 0.2) is 48.5 Å². The number of aromatic hydroxyl groups is 1. The number of rotatable bonds is 9. The van der Waals surface area contributed by atoms with Crippen molar-refractivity contribution in [1.82, 2.24) is 0 Å². The fraction of sp³-hybridized carbons (Fsp3) is 0.480. The largest absolute Gasteiger partial charge is 0.508 e. The summed E-state index contributed by atoms with van der Waals surface area (Å²) in [5.41, 5.74) is -1.35. The van der Waals surface area contributed by atoms with E-state index in [1.807, 2.05) is 0 Å². The highest BCUT2D eigenvalue weighted by Gasteiger charge is 2.54. The zero-order valence-corrected chi connectivity index (χ0v) is 20.1. The molecule has 0 saturated carbocycles. The van der Waals surface area contributed by atoms with Gasteiger partial charge in [-0.3, -0.25) is 0 Å². The van der Waals surface area contributed by atoms with Gasteiger partial charge in [-0.05, 0) is 42.0 Å². The number of esters is 1. The molecule has 0 spiro atoms. The van der Waals surface area contributed by atoms with E-state index >= 15 is 0 Å². The van der Waals surface area contributed by atoms with E-state index in [1.54, 1.807) is 12.1 Å². The maximum absolute atomic E-state index is 12.3. The predicted molar refractivity (Wildman–Crippen MR) is 125 cm³/mol. The molecule has 0 radical (unpaired) electrons. The smallest absolute Gasteiger partial charge is 0.338 e. The first-order valence-electron chi connectivity index (χ1n) is 11.8. The highest BCUT2D eigenvalue weighted by Crippen LogP contribution is 2.32. The zero-order chi connectivity index (χ0) is 27.4. The number of benzene rings is 2. The molecule has 0 aromatic heterocycles. The lowest BCUT2D eigenvalue weighted by atomic mass is 9.98. The summed E-state index contributed by atoms with van der Waals surface area (Å²) in [6, 6.07) is 11.5. The summed E-state index contributed by atoms with van der Waals surface area (Å²) in [4.78, 5) is 12.3. The predicted octanol–water partition coefficient (Wildman–Crippen LogP) is -1.61. The summed E-state index contributed by atoms with van der Waals surface area (Å²) in [5.74, 6) is -0.606. The van der Waals surface area contributed by atoms with Crippen molar-refractivity contribution in [3.8, 4) is 11.5 Å². The van der Waals surface area contributed by atoms with Crippen LogP contribution in [0.2, 0.25) is 0 Å². The molecule has 38 heavy (non-hydrogen) atoms. The topological polar surface area (TPSA) is 205 Å². The van der Waals surface area contributed by atoms with Gasteiger partial charge in [-0.25, -0.2) is 4.79 Å². The van der Waals surface area contributed by atoms with Crippen LogP contribution in [0.3, 0.4) is 0 Å². The van der Waals surface area contributed by atoms with Crippen molar-refractivity contribution < 1.29 is 64.2 Å². The van der Waals surface area contributed by atoms with Crippen LogP contribution < -0.4 is 4.74 Å². The molecule has 2 aromatic rings. The summed E-state index contributed by atoms with van der Waals surface area (Å²) in [5, 5.41) is 70.7. The molecule has 13 nitrogen and oxygen atoms in total. The molecule has 2 heterocycles. The highest BCUT2D eigenvalue weighted by molar-refractivity contribution is 5.89. The second-order valence-corrected chi connectivity index (χ2v) is 9.08. The number of hydrogen-bond acceptors (Lipinski definition) is 13. The van der Waals surface area contributed by atoms with Gasteiger partial charge < -0.3 is 59.4 Å². The van der Waals surface area contributed by atoms with Crippen LogP contribution in [0.4, 0.5) is 0 Å². The molecule has 2 fully saturated rings. The Kier molecular flexibility index (Phi) is 8.82. The second-order valence-electron chi connectivity index (χ2n) is 9.08. The Bertz CT molecular complexity index is 1060. The van der Waals surface area contributed by atoms with Gasteiger partial charge in [0.25, 0.3) is 0 Å². The fourth-order valence-electron chi connectivity index (χ4n) is 4.03. The number of aliphatic hydroxyl groups is 6. The Hall–Kier alpha value is -2.85. The molecule has 13 heteroatoms. The van der Waals surface area contributed by atoms with Crippen LogP contribution in [-0.4, -0.2) is 110 Å². The van der Waals surface area contributed by atoms with E-state index < -0.39 is 74.5 Å². The van der Waals surface area contributed by atoms with Crippen molar-refractivity contribution in [2.75, 3.05) is 19.8 Å². The van der Waals surface area contributed by atoms with Crippen molar-refractivity contribution in [3.63, 3.8) is 0 Å². The number of carbonyl (C=O) groups excluding carboxylic acids is 1. The molecule has 0 unspecified atom stereocenters. The van der Waals surface area contributed by atoms with E-state index in [0.717, 1.165) is 0 Å². The molecule has 0 aliphatic carbocycles. The fourth-order valence-corrected chi connectivity index (χ4v) is 4.03. The van der Waals surface area contributed by atoms with Crippen LogP contribution in [-0.2, 0) is 25.6 Å². The molecule has 208 valence electrons. The van der Waals surface area contributed by atoms with Crippen LogP contribution in [0.25, 0.3) is 0 Å². The third-order valence-electron chi connectivity index (χ3n) is 6.34. The molecule has 2 aliphatic heterocycles. The molecule has 7 N–H and O–H groups in total. The number of aliphatic hydroxyl groups excluding tert-OH is 5. The standard InChI is InChI=1S/C25H30O13/c26-9-13-1-7-16(8-2-13)36-23-20(19(30)18(29)17(10-27)37-23)38-24-21(31)25(33,12-35-24)11-34-22(32)14-3-5-15(28)6-4-14/h1-8,17-21,23-24,26-31,33H,9-12H2/t17-,18+,19+,20-,21+,23-,24+,25-/m1/s1. The Morgan fingerprint density at radius 3 is 2.29 bits per heavy atom. The molecule has 0 bridgehead atoms. The minimum Gasteiger partial charge on any atom is -0.508 e. The molecule has 2 aliphatic rings. The van der Waals surface area contributed by atoms with Crippen LogP contribution in [0.1, 0.15) is 15.9 Å². The summed E-state index contributed by atoms with van der Waals surface area (Å²) in [6.45, 7) is -1.98. The van der Waals surface area contributed by atoms with Crippen LogP contribution >= 0.6 is 0 Å². The van der Waals surface area contributed by atoms with E-state index in [2.05, 4.69) is 0 Å². The van der Waals surface area contributed by atoms with Crippen molar-refractivity contribution in [3.05, 3.63) is 59.7 Å². The molecular formula is C25H30O13. The lowest BCUT2D eigenvalue weighted by Crippen LogP contribution is -2.62. The van der Waals surface area contributed by atoms with Gasteiger partial charge in [0, 0.05) is 0 Å². The summed E-state index contributed by atoms with van der Waals surface area (Å²) in [7, 11) is 0. The Labute approximate surface area is 217 Å². The lowest BCUT2D eigenvalue weighted by molar-refractivity contribution is -0.318. The molecule has 0 amide bonds. The molecule has 8 atom stereocenters. The van der Waals surface area contributed by atoms with Crippen molar-refractivity contribution in [2.45, 2.75) is 55.3 Å². The average Bonchev–Trinajstić information content (AvgIpc) is 3.21. The van der Waals surface area contributed by atoms with Gasteiger partial charge in [-0.1, -0.05) is 12.1 Å². The van der Waals surface area contributed by atoms with E-state index in [0.29, 0.717) is 5.56 Å². The van der Waals surface area contributed by atoms with Crippen molar-refractivity contribution in [2.24, 2.45) is 0 Å². The van der Waals surface area contributed by atoms with E-state index in [9.17, 15) is 40.5 Å². The first kappa shape index (κ1) is 28.2. The number of carbonyl (C=O) groups is 1. The van der Waals surface area contributed by atoms with Gasteiger partial charge >= 0.3 is 5.97 Å². The molecule has 2 aromatic carbocycles. The third kappa shape index (κ3) is 6.07.